The zero-order valence-electron chi connectivity index (χ0n) is 11.9. The molecular weight excluding hydrogens is 274 g/mol. The molecule has 8 heteroatoms. The SMILES string of the molecule is CN1C(=O)N2C[C@H]1c1cnn(C)c1[C@H]2C1=NOC(CO)C1. The number of aromatic nitrogens is 2. The second kappa shape index (κ2) is 4.20. The second-order valence-corrected chi connectivity index (χ2v) is 5.77. The Hall–Kier alpha value is -2.09. The topological polar surface area (TPSA) is 83.2 Å². The van der Waals surface area contributed by atoms with E-state index >= 15 is 0 Å². The summed E-state index contributed by atoms with van der Waals surface area (Å²) in [5.41, 5.74) is 2.84. The van der Waals surface area contributed by atoms with Gasteiger partial charge in [-0.3, -0.25) is 4.68 Å². The van der Waals surface area contributed by atoms with Gasteiger partial charge >= 0.3 is 6.03 Å². The maximum absolute atomic E-state index is 12.5. The van der Waals surface area contributed by atoms with Crippen molar-refractivity contribution in [3.8, 4) is 0 Å². The molecule has 112 valence electrons. The number of carbonyl (C=O) groups excluding carboxylic acids is 1. The number of hydrogen-bond acceptors (Lipinski definition) is 5. The van der Waals surface area contributed by atoms with Crippen molar-refractivity contribution in [3.05, 3.63) is 17.5 Å². The van der Waals surface area contributed by atoms with Crippen LogP contribution in [0.3, 0.4) is 0 Å². The highest BCUT2D eigenvalue weighted by atomic mass is 16.6. The summed E-state index contributed by atoms with van der Waals surface area (Å²) in [6.45, 7) is 0.565. The first-order valence-corrected chi connectivity index (χ1v) is 7.00. The third kappa shape index (κ3) is 1.56. The maximum atomic E-state index is 12.5. The van der Waals surface area contributed by atoms with Gasteiger partial charge in [0.15, 0.2) is 6.10 Å². The van der Waals surface area contributed by atoms with Gasteiger partial charge in [-0.15, -0.1) is 0 Å². The number of hydrogen-bond donors (Lipinski definition) is 1. The molecule has 2 bridgehead atoms. The van der Waals surface area contributed by atoms with Crippen LogP contribution in [0.25, 0.3) is 0 Å². The molecular formula is C13H17N5O3. The molecule has 1 N–H and O–H groups in total. The fraction of sp³-hybridized carbons (Fsp3) is 0.615. The molecule has 1 saturated heterocycles. The number of likely N-dealkylation sites (N-methyl/N-ethyl adjacent to an activating group) is 1. The van der Waals surface area contributed by atoms with E-state index in [2.05, 4.69) is 10.3 Å². The van der Waals surface area contributed by atoms with Gasteiger partial charge in [0.1, 0.15) is 6.04 Å². The average molecular weight is 291 g/mol. The van der Waals surface area contributed by atoms with E-state index in [1.165, 1.54) is 0 Å². The Labute approximate surface area is 121 Å². The van der Waals surface area contributed by atoms with Crippen LogP contribution in [0.15, 0.2) is 11.4 Å². The van der Waals surface area contributed by atoms with Crippen molar-refractivity contribution in [2.24, 2.45) is 12.2 Å². The third-order valence-electron chi connectivity index (χ3n) is 4.60. The Morgan fingerprint density at radius 1 is 1.48 bits per heavy atom. The number of aliphatic hydroxyl groups excluding tert-OH is 1. The Kier molecular flexibility index (Phi) is 2.53. The summed E-state index contributed by atoms with van der Waals surface area (Å²) in [6.07, 6.45) is 2.05. The van der Waals surface area contributed by atoms with E-state index < -0.39 is 0 Å². The molecule has 1 aromatic rings. The molecule has 0 radical (unpaired) electrons. The van der Waals surface area contributed by atoms with Crippen molar-refractivity contribution in [2.75, 3.05) is 20.2 Å². The summed E-state index contributed by atoms with van der Waals surface area (Å²) in [6, 6.07) is -0.205. The van der Waals surface area contributed by atoms with Gasteiger partial charge in [0.05, 0.1) is 30.3 Å². The molecule has 2 amide bonds. The zero-order valence-corrected chi connectivity index (χ0v) is 11.9. The number of carbonyl (C=O) groups is 1. The van der Waals surface area contributed by atoms with Gasteiger partial charge in [-0.2, -0.15) is 5.10 Å². The summed E-state index contributed by atoms with van der Waals surface area (Å²) in [5, 5.41) is 17.7. The fourth-order valence-corrected chi connectivity index (χ4v) is 3.50. The van der Waals surface area contributed by atoms with Crippen LogP contribution in [0.5, 0.6) is 0 Å². The lowest BCUT2D eigenvalue weighted by molar-refractivity contribution is 0.0390. The van der Waals surface area contributed by atoms with Crippen molar-refractivity contribution in [1.82, 2.24) is 19.6 Å². The van der Waals surface area contributed by atoms with Crippen LogP contribution in [0.2, 0.25) is 0 Å². The molecule has 0 saturated carbocycles. The van der Waals surface area contributed by atoms with Crippen LogP contribution < -0.4 is 0 Å². The van der Waals surface area contributed by atoms with E-state index in [9.17, 15) is 9.90 Å². The highest BCUT2D eigenvalue weighted by Gasteiger charge is 2.50. The Morgan fingerprint density at radius 3 is 3.00 bits per heavy atom. The zero-order chi connectivity index (χ0) is 14.7. The minimum atomic E-state index is -0.315. The summed E-state index contributed by atoms with van der Waals surface area (Å²) >= 11 is 0. The number of aliphatic hydroxyl groups is 1. The van der Waals surface area contributed by atoms with Crippen molar-refractivity contribution in [2.45, 2.75) is 24.6 Å². The molecule has 3 aliphatic rings. The van der Waals surface area contributed by atoms with Crippen molar-refractivity contribution >= 4 is 11.7 Å². The number of nitrogens with zero attached hydrogens (tertiary/aromatic N) is 5. The van der Waals surface area contributed by atoms with Crippen LogP contribution in [0.1, 0.15) is 29.8 Å². The monoisotopic (exact) mass is 291 g/mol. The first kappa shape index (κ1) is 12.6. The summed E-state index contributed by atoms with van der Waals surface area (Å²) in [7, 11) is 3.69. The van der Waals surface area contributed by atoms with Crippen LogP contribution in [0.4, 0.5) is 4.79 Å². The highest BCUT2D eigenvalue weighted by Crippen LogP contribution is 2.44. The Balaban J connectivity index is 1.80. The Bertz CT molecular complexity index is 640. The first-order valence-electron chi connectivity index (χ1n) is 7.00. The van der Waals surface area contributed by atoms with Gasteiger partial charge in [-0.25, -0.2) is 4.79 Å². The van der Waals surface area contributed by atoms with E-state index in [1.54, 1.807) is 9.58 Å². The number of aryl methyl sites for hydroxylation is 1. The minimum Gasteiger partial charge on any atom is -0.392 e. The van der Waals surface area contributed by atoms with E-state index in [-0.39, 0.29) is 30.8 Å². The predicted molar refractivity (Wildman–Crippen MR) is 72.6 cm³/mol. The fourth-order valence-electron chi connectivity index (χ4n) is 3.50. The van der Waals surface area contributed by atoms with Gasteiger partial charge < -0.3 is 19.7 Å². The van der Waals surface area contributed by atoms with E-state index in [4.69, 9.17) is 4.84 Å². The van der Waals surface area contributed by atoms with E-state index in [0.29, 0.717) is 13.0 Å². The lowest BCUT2D eigenvalue weighted by Gasteiger charge is -2.31. The quantitative estimate of drug-likeness (QED) is 0.832. The number of amides is 2. The second-order valence-electron chi connectivity index (χ2n) is 5.77. The standard InChI is InChI=1S/C13H17N5O3/c1-16-10-5-18(13(16)20)12(9-3-7(6-19)21-15-9)11-8(10)4-14-17(11)2/h4,7,10,12,19H,3,5-6H2,1-2H3/t7?,10-,12+/m0/s1. The summed E-state index contributed by atoms with van der Waals surface area (Å²) in [5.74, 6) is 0. The summed E-state index contributed by atoms with van der Waals surface area (Å²) < 4.78 is 1.81. The molecule has 21 heavy (non-hydrogen) atoms. The Morgan fingerprint density at radius 2 is 2.29 bits per heavy atom. The van der Waals surface area contributed by atoms with Gasteiger partial charge in [-0.1, -0.05) is 5.16 Å². The van der Waals surface area contributed by atoms with Gasteiger partial charge in [0.25, 0.3) is 0 Å². The number of urea groups is 1. The lowest BCUT2D eigenvalue weighted by atomic mass is 9.93. The molecule has 1 unspecified atom stereocenters. The van der Waals surface area contributed by atoms with Crippen molar-refractivity contribution in [1.29, 1.82) is 0 Å². The van der Waals surface area contributed by atoms with Crippen molar-refractivity contribution in [3.63, 3.8) is 0 Å². The average Bonchev–Trinajstić information content (AvgIpc) is 3.16. The van der Waals surface area contributed by atoms with E-state index in [0.717, 1.165) is 17.0 Å². The molecule has 3 aliphatic heterocycles. The number of rotatable bonds is 2. The van der Waals surface area contributed by atoms with Crippen LogP contribution in [0, 0.1) is 0 Å². The normalized spacial score (nSPS) is 30.5. The van der Waals surface area contributed by atoms with E-state index in [1.807, 2.05) is 25.2 Å². The molecule has 4 rings (SSSR count). The number of oxime groups is 1. The summed E-state index contributed by atoms with van der Waals surface area (Å²) in [4.78, 5) is 21.3. The molecule has 1 fully saturated rings. The molecule has 0 aromatic carbocycles. The third-order valence-corrected chi connectivity index (χ3v) is 4.60. The smallest absolute Gasteiger partial charge is 0.321 e. The molecule has 3 atom stereocenters. The first-order chi connectivity index (χ1) is 10.1. The molecule has 8 nitrogen and oxygen atoms in total. The lowest BCUT2D eigenvalue weighted by Crippen LogP contribution is -2.39. The molecule has 0 aliphatic carbocycles. The molecule has 4 heterocycles. The van der Waals surface area contributed by atoms with Crippen LogP contribution in [-0.2, 0) is 11.9 Å². The maximum Gasteiger partial charge on any atom is 0.321 e. The van der Waals surface area contributed by atoms with Crippen LogP contribution in [-0.4, -0.2) is 62.7 Å². The van der Waals surface area contributed by atoms with Gasteiger partial charge in [-0.05, 0) is 0 Å². The molecule has 0 spiro atoms. The number of fused-ring (bicyclic) bond motifs is 4. The van der Waals surface area contributed by atoms with Gasteiger partial charge in [0, 0.05) is 32.6 Å². The van der Waals surface area contributed by atoms with Gasteiger partial charge in [0.2, 0.25) is 0 Å². The molecule has 1 aromatic heterocycles. The highest BCUT2D eigenvalue weighted by molar-refractivity contribution is 5.96. The predicted octanol–water partition coefficient (Wildman–Crippen LogP) is 0.0205. The van der Waals surface area contributed by atoms with Crippen LogP contribution >= 0.6 is 0 Å². The largest absolute Gasteiger partial charge is 0.392 e. The minimum absolute atomic E-state index is 0.00338. The van der Waals surface area contributed by atoms with Crippen molar-refractivity contribution < 1.29 is 14.7 Å².